The first-order valence-corrected chi connectivity index (χ1v) is 15.1. The topological polar surface area (TPSA) is 72.3 Å². The third kappa shape index (κ3) is 3.19. The molecule has 2 aromatic heterocycles. The van der Waals surface area contributed by atoms with Gasteiger partial charge in [-0.1, -0.05) is 42.1 Å². The van der Waals surface area contributed by atoms with Crippen molar-refractivity contribution in [2.75, 3.05) is 10.7 Å². The second kappa shape index (κ2) is 8.38. The van der Waals surface area contributed by atoms with E-state index in [4.69, 9.17) is 4.98 Å². The number of fused-ring (bicyclic) bond motifs is 9. The summed E-state index contributed by atoms with van der Waals surface area (Å²) >= 11 is 2.96. The minimum absolute atomic E-state index is 0.0665. The second-order valence-electron chi connectivity index (χ2n) is 10.8. The fourth-order valence-electron chi connectivity index (χ4n) is 7.22. The summed E-state index contributed by atoms with van der Waals surface area (Å²) in [4.78, 5) is 46.1. The number of rotatable bonds is 4. The lowest BCUT2D eigenvalue weighted by Crippen LogP contribution is -2.32. The highest BCUT2D eigenvalue weighted by Crippen LogP contribution is 2.53. The summed E-state index contributed by atoms with van der Waals surface area (Å²) in [5.41, 5.74) is 4.95. The first-order chi connectivity index (χ1) is 18.6. The van der Waals surface area contributed by atoms with Crippen LogP contribution in [0.4, 0.5) is 5.69 Å². The molecule has 2 amide bonds. The minimum Gasteiger partial charge on any atom is -0.283 e. The molecule has 0 radical (unpaired) electrons. The van der Waals surface area contributed by atoms with Gasteiger partial charge in [0, 0.05) is 11.1 Å². The van der Waals surface area contributed by atoms with Gasteiger partial charge in [-0.3, -0.25) is 19.0 Å². The SMILES string of the molecule is O=C1[C@H]2[C@H](C(=O)N1c1ccc3nc(SCC(=O)n4c5c(c6ccccc64)CCCC5)sc3c1)[C@H]1C=C[C@H]2C1. The highest BCUT2D eigenvalue weighted by Gasteiger charge is 2.59. The number of allylic oxidation sites excluding steroid dienone is 2. The number of amides is 2. The van der Waals surface area contributed by atoms with Gasteiger partial charge >= 0.3 is 0 Å². The summed E-state index contributed by atoms with van der Waals surface area (Å²) in [6, 6.07) is 13.8. The van der Waals surface area contributed by atoms with E-state index in [0.717, 1.165) is 45.8 Å². The molecule has 2 fully saturated rings. The molecule has 3 heterocycles. The number of thiazole rings is 1. The molecule has 4 aliphatic rings. The summed E-state index contributed by atoms with van der Waals surface area (Å²) in [7, 11) is 0. The quantitative estimate of drug-likeness (QED) is 0.184. The number of benzene rings is 2. The largest absolute Gasteiger partial charge is 0.283 e. The molecule has 1 saturated heterocycles. The van der Waals surface area contributed by atoms with Crippen LogP contribution < -0.4 is 4.90 Å². The zero-order valence-corrected chi connectivity index (χ0v) is 22.3. The van der Waals surface area contributed by atoms with Crippen molar-refractivity contribution in [3.63, 3.8) is 0 Å². The Hall–Kier alpha value is -3.23. The molecule has 3 aliphatic carbocycles. The average molecular weight is 540 g/mol. The number of para-hydroxylation sites is 1. The number of carbonyl (C=O) groups excluding carboxylic acids is 3. The maximum atomic E-state index is 13.5. The molecule has 8 rings (SSSR count). The molecule has 1 aliphatic heterocycles. The first-order valence-electron chi connectivity index (χ1n) is 13.3. The van der Waals surface area contributed by atoms with Crippen LogP contribution in [0.25, 0.3) is 21.1 Å². The van der Waals surface area contributed by atoms with Crippen LogP contribution in [0.5, 0.6) is 0 Å². The van der Waals surface area contributed by atoms with E-state index < -0.39 is 0 Å². The van der Waals surface area contributed by atoms with E-state index in [0.29, 0.717) is 11.4 Å². The van der Waals surface area contributed by atoms with Gasteiger partial charge in [-0.2, -0.15) is 0 Å². The van der Waals surface area contributed by atoms with Crippen molar-refractivity contribution in [3.8, 4) is 0 Å². The predicted octanol–water partition coefficient (Wildman–Crippen LogP) is 5.87. The van der Waals surface area contributed by atoms with Crippen molar-refractivity contribution >= 4 is 67.6 Å². The van der Waals surface area contributed by atoms with Gasteiger partial charge in [-0.15, -0.1) is 11.3 Å². The normalized spacial score (nSPS) is 25.6. The molecule has 4 aromatic rings. The number of carbonyl (C=O) groups is 3. The lowest BCUT2D eigenvalue weighted by atomic mass is 9.85. The van der Waals surface area contributed by atoms with Crippen LogP contribution in [0, 0.1) is 23.7 Å². The Balaban J connectivity index is 1.05. The monoisotopic (exact) mass is 539 g/mol. The number of anilines is 1. The van der Waals surface area contributed by atoms with Crippen LogP contribution in [-0.2, 0) is 22.4 Å². The standard InChI is InChI=1S/C30H25N3O3S2/c34-25(33-22-7-3-1-5-19(22)20-6-2-4-8-23(20)33)15-37-30-31-21-12-11-18(14-24(21)38-30)32-28(35)26-16-9-10-17(13-16)27(26)29(32)36/h1,3,5,7,9-12,14,16-17,26-27H,2,4,6,8,13,15H2/t16-,17-,26+,27+/m0/s1. The lowest BCUT2D eigenvalue weighted by molar-refractivity contribution is -0.123. The van der Waals surface area contributed by atoms with Gasteiger partial charge in [0.1, 0.15) is 0 Å². The number of nitrogens with zero attached hydrogens (tertiary/aromatic N) is 3. The van der Waals surface area contributed by atoms with Crippen molar-refractivity contribution in [1.82, 2.24) is 9.55 Å². The van der Waals surface area contributed by atoms with E-state index >= 15 is 0 Å². The smallest absolute Gasteiger partial charge is 0.241 e. The van der Waals surface area contributed by atoms with Gasteiger partial charge in [0.15, 0.2) is 4.34 Å². The van der Waals surface area contributed by atoms with Crippen molar-refractivity contribution in [2.24, 2.45) is 23.7 Å². The third-order valence-electron chi connectivity index (χ3n) is 8.83. The fraction of sp³-hybridized carbons (Fsp3) is 0.333. The molecule has 190 valence electrons. The van der Waals surface area contributed by atoms with E-state index in [1.165, 1.54) is 51.1 Å². The van der Waals surface area contributed by atoms with Crippen LogP contribution in [0.15, 0.2) is 59.0 Å². The molecule has 2 aromatic carbocycles. The van der Waals surface area contributed by atoms with Crippen LogP contribution >= 0.6 is 23.1 Å². The molecule has 1 saturated carbocycles. The number of aromatic nitrogens is 2. The van der Waals surface area contributed by atoms with Gasteiger partial charge in [0.25, 0.3) is 0 Å². The number of hydrogen-bond acceptors (Lipinski definition) is 6. The van der Waals surface area contributed by atoms with Gasteiger partial charge in [-0.25, -0.2) is 9.88 Å². The predicted molar refractivity (Wildman–Crippen MR) is 150 cm³/mol. The van der Waals surface area contributed by atoms with Crippen molar-refractivity contribution in [2.45, 2.75) is 36.4 Å². The van der Waals surface area contributed by atoms with Gasteiger partial charge in [-0.05, 0) is 73.8 Å². The van der Waals surface area contributed by atoms with Crippen molar-refractivity contribution in [3.05, 3.63) is 65.9 Å². The average Bonchev–Trinajstić information content (AvgIpc) is 3.74. The van der Waals surface area contributed by atoms with Crippen molar-refractivity contribution < 1.29 is 14.4 Å². The Labute approximate surface area is 227 Å². The van der Waals surface area contributed by atoms with Crippen LogP contribution in [0.1, 0.15) is 35.3 Å². The Morgan fingerprint density at radius 2 is 1.76 bits per heavy atom. The summed E-state index contributed by atoms with van der Waals surface area (Å²) in [6.45, 7) is 0. The summed E-state index contributed by atoms with van der Waals surface area (Å²) in [6.07, 6.45) is 9.42. The fourth-order valence-corrected chi connectivity index (χ4v) is 9.17. The van der Waals surface area contributed by atoms with E-state index in [1.807, 2.05) is 41.0 Å². The lowest BCUT2D eigenvalue weighted by Gasteiger charge is -2.17. The summed E-state index contributed by atoms with van der Waals surface area (Å²) in [5.74, 6) is 0.234. The third-order valence-corrected chi connectivity index (χ3v) is 11.0. The molecule has 0 spiro atoms. The Morgan fingerprint density at radius 3 is 2.58 bits per heavy atom. The number of hydrogen-bond donors (Lipinski definition) is 0. The Kier molecular flexibility index (Phi) is 5.01. The maximum absolute atomic E-state index is 13.5. The van der Waals surface area contributed by atoms with Gasteiger partial charge < -0.3 is 0 Å². The molecule has 6 nitrogen and oxygen atoms in total. The highest BCUT2D eigenvalue weighted by molar-refractivity contribution is 8.01. The Bertz CT molecular complexity index is 1690. The van der Waals surface area contributed by atoms with E-state index in [2.05, 4.69) is 18.2 Å². The molecule has 0 N–H and O–H groups in total. The van der Waals surface area contributed by atoms with Crippen LogP contribution in [0.2, 0.25) is 0 Å². The molecule has 8 heteroatoms. The minimum atomic E-state index is -0.206. The maximum Gasteiger partial charge on any atom is 0.241 e. The molecule has 2 bridgehead atoms. The number of aryl methyl sites for hydroxylation is 1. The molecular weight excluding hydrogens is 514 g/mol. The molecular formula is C30H25N3O3S2. The Morgan fingerprint density at radius 1 is 1.00 bits per heavy atom. The molecule has 0 unspecified atom stereocenters. The van der Waals surface area contributed by atoms with Crippen LogP contribution in [-0.4, -0.2) is 33.0 Å². The van der Waals surface area contributed by atoms with Crippen molar-refractivity contribution in [1.29, 1.82) is 0 Å². The summed E-state index contributed by atoms with van der Waals surface area (Å²) < 4.78 is 3.67. The zero-order chi connectivity index (χ0) is 25.5. The highest BCUT2D eigenvalue weighted by atomic mass is 32.2. The summed E-state index contributed by atoms with van der Waals surface area (Å²) in [5, 5.41) is 1.20. The van der Waals surface area contributed by atoms with E-state index in [1.54, 1.807) is 0 Å². The zero-order valence-electron chi connectivity index (χ0n) is 20.6. The van der Waals surface area contributed by atoms with Gasteiger partial charge in [0.05, 0.1) is 39.0 Å². The van der Waals surface area contributed by atoms with E-state index in [-0.39, 0.29) is 41.4 Å². The first kappa shape index (κ1) is 22.7. The number of thioether (sulfide) groups is 1. The van der Waals surface area contributed by atoms with E-state index in [9.17, 15) is 14.4 Å². The second-order valence-corrected chi connectivity index (χ2v) is 13.1. The van der Waals surface area contributed by atoms with Gasteiger partial charge in [0.2, 0.25) is 17.7 Å². The molecule has 4 atom stereocenters. The number of imide groups is 1. The molecule has 38 heavy (non-hydrogen) atoms. The van der Waals surface area contributed by atoms with Crippen LogP contribution in [0.3, 0.4) is 0 Å².